The van der Waals surface area contributed by atoms with E-state index in [9.17, 15) is 4.79 Å². The Morgan fingerprint density at radius 3 is 2.96 bits per heavy atom. The van der Waals surface area contributed by atoms with Crippen molar-refractivity contribution in [3.05, 3.63) is 77.1 Å². The minimum Gasteiger partial charge on any atom is -0.461 e. The molecule has 0 amide bonds. The first-order valence-electron chi connectivity index (χ1n) is 8.36. The molecule has 0 radical (unpaired) electrons. The van der Waals surface area contributed by atoms with Crippen LogP contribution in [0.25, 0.3) is 17.2 Å². The van der Waals surface area contributed by atoms with Crippen LogP contribution in [0.1, 0.15) is 11.3 Å². The quantitative estimate of drug-likeness (QED) is 0.378. The molecule has 4 heterocycles. The zero-order valence-corrected chi connectivity index (χ0v) is 15.5. The van der Waals surface area contributed by atoms with Gasteiger partial charge in [-0.1, -0.05) is 23.9 Å². The second-order valence-corrected chi connectivity index (χ2v) is 6.88. The number of aromatic nitrogens is 5. The van der Waals surface area contributed by atoms with E-state index in [1.54, 1.807) is 29.0 Å². The number of thioether (sulfide) groups is 1. The van der Waals surface area contributed by atoms with E-state index in [2.05, 4.69) is 21.8 Å². The first-order valence-corrected chi connectivity index (χ1v) is 9.34. The summed E-state index contributed by atoms with van der Waals surface area (Å²) in [6.45, 7) is 6.29. The van der Waals surface area contributed by atoms with Gasteiger partial charge in [0, 0.05) is 24.6 Å². The molecular formula is C19H17N5O2S. The third-order valence-electron chi connectivity index (χ3n) is 4.06. The molecule has 0 N–H and O–H groups in total. The molecule has 0 saturated heterocycles. The number of pyridine rings is 1. The normalized spacial score (nSPS) is 11.1. The fourth-order valence-corrected chi connectivity index (χ4v) is 3.64. The van der Waals surface area contributed by atoms with Gasteiger partial charge in [-0.2, -0.15) is 0 Å². The number of aryl methyl sites for hydroxylation is 1. The zero-order valence-electron chi connectivity index (χ0n) is 14.7. The van der Waals surface area contributed by atoms with Gasteiger partial charge in [-0.3, -0.25) is 13.8 Å². The van der Waals surface area contributed by atoms with Gasteiger partial charge in [0.2, 0.25) is 5.82 Å². The average molecular weight is 379 g/mol. The SMILES string of the molecule is C=CCn1c(SCc2cc(=O)n3cccc(C)c3n2)nnc1-c1ccco1. The van der Waals surface area contributed by atoms with E-state index in [4.69, 9.17) is 4.42 Å². The molecule has 4 aromatic rings. The molecule has 0 saturated carbocycles. The molecule has 0 aliphatic carbocycles. The number of fused-ring (bicyclic) bond motifs is 1. The molecular weight excluding hydrogens is 362 g/mol. The average Bonchev–Trinajstić information content (AvgIpc) is 3.31. The highest BCUT2D eigenvalue weighted by Gasteiger charge is 2.16. The maximum atomic E-state index is 12.3. The number of hydrogen-bond donors (Lipinski definition) is 0. The van der Waals surface area contributed by atoms with Gasteiger partial charge in [-0.15, -0.1) is 16.8 Å². The van der Waals surface area contributed by atoms with Crippen LogP contribution in [0.2, 0.25) is 0 Å². The number of rotatable bonds is 6. The summed E-state index contributed by atoms with van der Waals surface area (Å²) >= 11 is 1.47. The Morgan fingerprint density at radius 2 is 2.19 bits per heavy atom. The summed E-state index contributed by atoms with van der Waals surface area (Å²) in [5.41, 5.74) is 2.23. The Labute approximate surface area is 159 Å². The molecule has 0 aromatic carbocycles. The van der Waals surface area contributed by atoms with Crippen molar-refractivity contribution in [3.63, 3.8) is 0 Å². The number of nitrogens with zero attached hydrogens (tertiary/aromatic N) is 5. The Kier molecular flexibility index (Phi) is 4.64. The summed E-state index contributed by atoms with van der Waals surface area (Å²) in [5, 5.41) is 9.22. The maximum Gasteiger partial charge on any atom is 0.258 e. The van der Waals surface area contributed by atoms with Crippen LogP contribution >= 0.6 is 11.8 Å². The smallest absolute Gasteiger partial charge is 0.258 e. The Hall–Kier alpha value is -3.13. The molecule has 8 heteroatoms. The van der Waals surface area contributed by atoms with Gasteiger partial charge in [0.25, 0.3) is 5.56 Å². The molecule has 0 unspecified atom stereocenters. The van der Waals surface area contributed by atoms with Crippen molar-refractivity contribution in [3.8, 4) is 11.6 Å². The molecule has 136 valence electrons. The van der Waals surface area contributed by atoms with Crippen LogP contribution in [0.5, 0.6) is 0 Å². The number of hydrogen-bond acceptors (Lipinski definition) is 6. The maximum absolute atomic E-state index is 12.3. The molecule has 0 spiro atoms. The zero-order chi connectivity index (χ0) is 18.8. The predicted octanol–water partition coefficient (Wildman–Crippen LogP) is 3.33. The molecule has 4 aromatic heterocycles. The summed E-state index contributed by atoms with van der Waals surface area (Å²) in [4.78, 5) is 17.0. The van der Waals surface area contributed by atoms with Crippen molar-refractivity contribution in [2.45, 2.75) is 24.4 Å². The van der Waals surface area contributed by atoms with E-state index in [1.807, 2.05) is 35.8 Å². The summed E-state index contributed by atoms with van der Waals surface area (Å²) < 4.78 is 8.92. The van der Waals surface area contributed by atoms with Crippen molar-refractivity contribution in [1.82, 2.24) is 24.1 Å². The van der Waals surface area contributed by atoms with Gasteiger partial charge in [0.1, 0.15) is 5.65 Å². The molecule has 27 heavy (non-hydrogen) atoms. The van der Waals surface area contributed by atoms with Crippen molar-refractivity contribution in [2.75, 3.05) is 0 Å². The highest BCUT2D eigenvalue weighted by atomic mass is 32.2. The third-order valence-corrected chi connectivity index (χ3v) is 5.06. The van der Waals surface area contributed by atoms with Gasteiger partial charge in [0.15, 0.2) is 10.9 Å². The largest absolute Gasteiger partial charge is 0.461 e. The predicted molar refractivity (Wildman–Crippen MR) is 104 cm³/mol. The van der Waals surface area contributed by atoms with Crippen molar-refractivity contribution in [2.24, 2.45) is 0 Å². The second-order valence-electron chi connectivity index (χ2n) is 5.94. The third kappa shape index (κ3) is 3.31. The summed E-state index contributed by atoms with van der Waals surface area (Å²) in [6.07, 6.45) is 5.11. The van der Waals surface area contributed by atoms with Crippen molar-refractivity contribution in [1.29, 1.82) is 0 Å². The Balaban J connectivity index is 1.64. The molecule has 0 aliphatic heterocycles. The molecule has 0 aliphatic rings. The van der Waals surface area contributed by atoms with E-state index >= 15 is 0 Å². The monoisotopic (exact) mass is 379 g/mol. The lowest BCUT2D eigenvalue weighted by Crippen LogP contribution is -2.15. The lowest BCUT2D eigenvalue weighted by molar-refractivity contribution is 0.569. The number of furan rings is 1. The van der Waals surface area contributed by atoms with Crippen LogP contribution < -0.4 is 5.56 Å². The van der Waals surface area contributed by atoms with Crippen molar-refractivity contribution >= 4 is 17.4 Å². The Morgan fingerprint density at radius 1 is 1.30 bits per heavy atom. The van der Waals surface area contributed by atoms with E-state index < -0.39 is 0 Å². The number of allylic oxidation sites excluding steroid dienone is 1. The van der Waals surface area contributed by atoms with E-state index in [-0.39, 0.29) is 5.56 Å². The molecule has 0 atom stereocenters. The topological polar surface area (TPSA) is 78.2 Å². The second kappa shape index (κ2) is 7.24. The lowest BCUT2D eigenvalue weighted by Gasteiger charge is -2.07. The van der Waals surface area contributed by atoms with Crippen LogP contribution in [0.3, 0.4) is 0 Å². The molecule has 7 nitrogen and oxygen atoms in total. The Bertz CT molecular complexity index is 1160. The van der Waals surface area contributed by atoms with E-state index in [1.165, 1.54) is 11.8 Å². The van der Waals surface area contributed by atoms with Gasteiger partial charge in [0.05, 0.1) is 12.0 Å². The lowest BCUT2D eigenvalue weighted by atomic mass is 10.3. The van der Waals surface area contributed by atoms with Gasteiger partial charge in [-0.05, 0) is 30.7 Å². The highest BCUT2D eigenvalue weighted by Crippen LogP contribution is 2.26. The van der Waals surface area contributed by atoms with Crippen LogP contribution in [0, 0.1) is 6.92 Å². The first kappa shape index (κ1) is 17.3. The van der Waals surface area contributed by atoms with Crippen LogP contribution in [0.15, 0.2) is 69.8 Å². The molecule has 0 fully saturated rings. The first-order chi connectivity index (χ1) is 13.2. The van der Waals surface area contributed by atoms with Crippen LogP contribution in [-0.2, 0) is 12.3 Å². The minimum absolute atomic E-state index is 0.0943. The summed E-state index contributed by atoms with van der Waals surface area (Å²) in [6, 6.07) is 8.99. The van der Waals surface area contributed by atoms with E-state index in [0.717, 1.165) is 5.56 Å². The summed E-state index contributed by atoms with van der Waals surface area (Å²) in [5.74, 6) is 1.80. The van der Waals surface area contributed by atoms with Crippen LogP contribution in [0.4, 0.5) is 0 Å². The molecule has 4 rings (SSSR count). The van der Waals surface area contributed by atoms with Gasteiger partial charge >= 0.3 is 0 Å². The van der Waals surface area contributed by atoms with Gasteiger partial charge < -0.3 is 4.42 Å². The molecule has 0 bridgehead atoms. The van der Waals surface area contributed by atoms with E-state index in [0.29, 0.717) is 40.4 Å². The van der Waals surface area contributed by atoms with Gasteiger partial charge in [-0.25, -0.2) is 4.98 Å². The standard InChI is InChI=1S/C19H17N5O2S/c1-3-8-24-18(15-7-5-10-26-15)21-22-19(24)27-12-14-11-16(25)23-9-4-6-13(2)17(23)20-14/h3-7,9-11H,1,8,12H2,2H3. The minimum atomic E-state index is -0.0943. The van der Waals surface area contributed by atoms with Crippen molar-refractivity contribution < 1.29 is 4.42 Å². The highest BCUT2D eigenvalue weighted by molar-refractivity contribution is 7.98. The fraction of sp³-hybridized carbons (Fsp3) is 0.158. The van der Waals surface area contributed by atoms with Crippen LogP contribution in [-0.4, -0.2) is 24.1 Å². The summed E-state index contributed by atoms with van der Waals surface area (Å²) in [7, 11) is 0. The fourth-order valence-electron chi connectivity index (χ4n) is 2.80.